The zero-order valence-corrected chi connectivity index (χ0v) is 15.4. The van der Waals surface area contributed by atoms with Crippen molar-refractivity contribution in [1.82, 2.24) is 24.7 Å². The van der Waals surface area contributed by atoms with Gasteiger partial charge in [0, 0.05) is 19.0 Å². The van der Waals surface area contributed by atoms with Crippen molar-refractivity contribution in [3.63, 3.8) is 0 Å². The highest BCUT2D eigenvalue weighted by atomic mass is 32.1. The Labute approximate surface area is 159 Å². The molecule has 1 aliphatic heterocycles. The molecule has 5 rings (SSSR count). The Bertz CT molecular complexity index is 1130. The van der Waals surface area contributed by atoms with Crippen LogP contribution in [0.5, 0.6) is 0 Å². The average Bonchev–Trinajstić information content (AvgIpc) is 3.35. The smallest absolute Gasteiger partial charge is 0.347 e. The van der Waals surface area contributed by atoms with Crippen LogP contribution < -0.4 is 10.6 Å². The monoisotopic (exact) mass is 378 g/mol. The molecule has 1 atom stereocenters. The second kappa shape index (κ2) is 6.62. The number of H-pyrrole nitrogens is 1. The van der Waals surface area contributed by atoms with Crippen molar-refractivity contribution in [2.24, 2.45) is 0 Å². The summed E-state index contributed by atoms with van der Waals surface area (Å²) >= 11 is 1.63. The molecule has 0 saturated carbocycles. The van der Waals surface area contributed by atoms with Gasteiger partial charge in [0.05, 0.1) is 11.1 Å². The lowest BCUT2D eigenvalue weighted by Crippen LogP contribution is -2.36. The molecule has 8 heteroatoms. The lowest BCUT2D eigenvalue weighted by Gasteiger charge is -2.33. The van der Waals surface area contributed by atoms with Gasteiger partial charge >= 0.3 is 5.69 Å². The number of nitrogens with one attached hydrogen (secondary N) is 1. The van der Waals surface area contributed by atoms with Gasteiger partial charge in [-0.15, -0.1) is 11.3 Å². The van der Waals surface area contributed by atoms with Gasteiger partial charge in [-0.3, -0.25) is 0 Å². The fourth-order valence-corrected chi connectivity index (χ4v) is 4.55. The summed E-state index contributed by atoms with van der Waals surface area (Å²) in [5.41, 5.74) is 0.640. The molecule has 0 unspecified atom stereocenters. The number of hydrogen-bond acceptors (Lipinski definition) is 6. The number of nitrogens with zero attached hydrogens (tertiary/aromatic N) is 5. The standard InChI is InChI=1S/C19H18N6OS/c26-19-23-22-16(25(19)14-6-2-1-3-7-14)13-5-4-9-24(11-13)17-15-8-10-27-18(15)21-12-20-17/h1-3,6-8,10,12-13H,4-5,9,11H2,(H,23,26)/t13-/m0/s1. The van der Waals surface area contributed by atoms with E-state index in [9.17, 15) is 4.79 Å². The van der Waals surface area contributed by atoms with Crippen molar-refractivity contribution in [2.75, 3.05) is 18.0 Å². The van der Waals surface area contributed by atoms with E-state index in [0.29, 0.717) is 0 Å². The first-order chi connectivity index (χ1) is 13.3. The minimum atomic E-state index is -0.199. The SMILES string of the molecule is O=c1[nH]nc([C@H]2CCCN(c3ncnc4sccc34)C2)n1-c1ccccc1. The van der Waals surface area contributed by atoms with E-state index in [1.165, 1.54) is 0 Å². The van der Waals surface area contributed by atoms with E-state index < -0.39 is 0 Å². The topological polar surface area (TPSA) is 79.7 Å². The van der Waals surface area contributed by atoms with E-state index in [-0.39, 0.29) is 11.6 Å². The molecule has 0 spiro atoms. The van der Waals surface area contributed by atoms with Crippen molar-refractivity contribution in [3.05, 3.63) is 64.4 Å². The number of thiophene rings is 1. The van der Waals surface area contributed by atoms with Gasteiger partial charge in [-0.2, -0.15) is 5.10 Å². The van der Waals surface area contributed by atoms with Crippen molar-refractivity contribution < 1.29 is 0 Å². The minimum Gasteiger partial charge on any atom is -0.355 e. The number of benzene rings is 1. The fraction of sp³-hybridized carbons (Fsp3) is 0.263. The molecule has 0 bridgehead atoms. The predicted octanol–water partition coefficient (Wildman–Crippen LogP) is 2.95. The molecular weight excluding hydrogens is 360 g/mol. The highest BCUT2D eigenvalue weighted by molar-refractivity contribution is 7.16. The lowest BCUT2D eigenvalue weighted by molar-refractivity contribution is 0.483. The van der Waals surface area contributed by atoms with Gasteiger partial charge in [0.25, 0.3) is 0 Å². The summed E-state index contributed by atoms with van der Waals surface area (Å²) in [7, 11) is 0. The summed E-state index contributed by atoms with van der Waals surface area (Å²) in [5, 5.41) is 10.1. The van der Waals surface area contributed by atoms with E-state index in [1.807, 2.05) is 35.7 Å². The zero-order valence-electron chi connectivity index (χ0n) is 14.6. The molecule has 1 aliphatic rings. The highest BCUT2D eigenvalue weighted by Gasteiger charge is 2.28. The first-order valence-corrected chi connectivity index (χ1v) is 9.85. The van der Waals surface area contributed by atoms with Crippen LogP contribution in [0.3, 0.4) is 0 Å². The molecule has 136 valence electrons. The van der Waals surface area contributed by atoms with Gasteiger partial charge in [0.1, 0.15) is 22.8 Å². The quantitative estimate of drug-likeness (QED) is 0.593. The minimum absolute atomic E-state index is 0.154. The molecule has 4 heterocycles. The summed E-state index contributed by atoms with van der Waals surface area (Å²) in [6, 6.07) is 11.7. The highest BCUT2D eigenvalue weighted by Crippen LogP contribution is 2.32. The third-order valence-corrected chi connectivity index (χ3v) is 5.86. The summed E-state index contributed by atoms with van der Waals surface area (Å²) < 4.78 is 1.69. The Morgan fingerprint density at radius 3 is 2.93 bits per heavy atom. The van der Waals surface area contributed by atoms with E-state index >= 15 is 0 Å². The number of aromatic nitrogens is 5. The van der Waals surface area contributed by atoms with Crippen LogP contribution in [-0.2, 0) is 0 Å². The Morgan fingerprint density at radius 1 is 1.15 bits per heavy atom. The molecule has 27 heavy (non-hydrogen) atoms. The van der Waals surface area contributed by atoms with Gasteiger partial charge in [0.15, 0.2) is 0 Å². The predicted molar refractivity (Wildman–Crippen MR) is 106 cm³/mol. The molecule has 1 N–H and O–H groups in total. The maximum atomic E-state index is 12.4. The van der Waals surface area contributed by atoms with Crippen molar-refractivity contribution in [3.8, 4) is 5.69 Å². The van der Waals surface area contributed by atoms with Crippen LogP contribution in [0.1, 0.15) is 24.6 Å². The maximum absolute atomic E-state index is 12.4. The van der Waals surface area contributed by atoms with Gasteiger partial charge in [-0.1, -0.05) is 18.2 Å². The summed E-state index contributed by atoms with van der Waals surface area (Å²) in [6.07, 6.45) is 3.65. The van der Waals surface area contributed by atoms with Gasteiger partial charge in [-0.25, -0.2) is 24.4 Å². The van der Waals surface area contributed by atoms with Crippen LogP contribution in [0.25, 0.3) is 15.9 Å². The van der Waals surface area contributed by atoms with Crippen molar-refractivity contribution in [1.29, 1.82) is 0 Å². The number of para-hydroxylation sites is 1. The van der Waals surface area contributed by atoms with Gasteiger partial charge < -0.3 is 4.90 Å². The molecule has 1 saturated heterocycles. The maximum Gasteiger partial charge on any atom is 0.347 e. The van der Waals surface area contributed by atoms with Crippen LogP contribution >= 0.6 is 11.3 Å². The second-order valence-electron chi connectivity index (χ2n) is 6.68. The first kappa shape index (κ1) is 16.2. The Balaban J connectivity index is 1.51. The number of rotatable bonds is 3. The molecule has 1 fully saturated rings. The Morgan fingerprint density at radius 2 is 2.04 bits per heavy atom. The molecule has 4 aromatic rings. The van der Waals surface area contributed by atoms with Gasteiger partial charge in [0.2, 0.25) is 0 Å². The Kier molecular flexibility index (Phi) is 3.97. The zero-order chi connectivity index (χ0) is 18.2. The number of hydrogen-bond donors (Lipinski definition) is 1. The molecule has 0 radical (unpaired) electrons. The van der Waals surface area contributed by atoms with E-state index in [2.05, 4.69) is 31.1 Å². The molecular formula is C19H18N6OS. The van der Waals surface area contributed by atoms with Crippen LogP contribution in [0.4, 0.5) is 5.82 Å². The van der Waals surface area contributed by atoms with Crippen LogP contribution in [0, 0.1) is 0 Å². The summed E-state index contributed by atoms with van der Waals surface area (Å²) in [4.78, 5) is 24.6. The number of piperidine rings is 1. The fourth-order valence-electron chi connectivity index (χ4n) is 3.82. The molecule has 0 aliphatic carbocycles. The number of aromatic amines is 1. The largest absolute Gasteiger partial charge is 0.355 e. The van der Waals surface area contributed by atoms with Crippen molar-refractivity contribution in [2.45, 2.75) is 18.8 Å². The normalized spacial score (nSPS) is 17.5. The molecule has 1 aromatic carbocycles. The molecule has 3 aromatic heterocycles. The van der Waals surface area contributed by atoms with E-state index in [4.69, 9.17) is 0 Å². The second-order valence-corrected chi connectivity index (χ2v) is 7.57. The molecule has 0 amide bonds. The summed E-state index contributed by atoms with van der Waals surface area (Å²) in [6.45, 7) is 1.72. The van der Waals surface area contributed by atoms with Crippen LogP contribution in [0.2, 0.25) is 0 Å². The lowest BCUT2D eigenvalue weighted by atomic mass is 9.96. The van der Waals surface area contributed by atoms with Crippen molar-refractivity contribution >= 4 is 27.4 Å². The van der Waals surface area contributed by atoms with Gasteiger partial charge in [-0.05, 0) is 36.4 Å². The number of anilines is 1. The van der Waals surface area contributed by atoms with Crippen LogP contribution in [0.15, 0.2) is 52.9 Å². The average molecular weight is 378 g/mol. The third-order valence-electron chi connectivity index (χ3n) is 5.04. The first-order valence-electron chi connectivity index (χ1n) is 8.97. The van der Waals surface area contributed by atoms with E-state index in [1.54, 1.807) is 22.2 Å². The Hall–Kier alpha value is -3.00. The third kappa shape index (κ3) is 2.82. The van der Waals surface area contributed by atoms with E-state index in [0.717, 1.165) is 53.5 Å². The molecule has 7 nitrogen and oxygen atoms in total. The summed E-state index contributed by atoms with van der Waals surface area (Å²) in [5.74, 6) is 1.91. The number of fused-ring (bicyclic) bond motifs is 1. The van der Waals surface area contributed by atoms with Crippen LogP contribution in [-0.4, -0.2) is 37.8 Å².